The molecule has 0 spiro atoms. The summed E-state index contributed by atoms with van der Waals surface area (Å²) in [6.07, 6.45) is 4.51. The second kappa shape index (κ2) is 13.1. The van der Waals surface area contributed by atoms with Crippen molar-refractivity contribution < 1.29 is 33.4 Å². The fourth-order valence-corrected chi connectivity index (χ4v) is 5.99. The zero-order valence-electron chi connectivity index (χ0n) is 25.5. The van der Waals surface area contributed by atoms with Crippen LogP contribution in [0.15, 0.2) is 60.8 Å². The van der Waals surface area contributed by atoms with Crippen LogP contribution in [0.4, 0.5) is 0 Å². The van der Waals surface area contributed by atoms with Gasteiger partial charge in [-0.1, -0.05) is 24.3 Å². The molecule has 236 valence electrons. The third-order valence-electron chi connectivity index (χ3n) is 8.70. The molecule has 3 heterocycles. The van der Waals surface area contributed by atoms with E-state index in [1.54, 1.807) is 48.5 Å². The number of hydrogen-bond acceptors (Lipinski definition) is 8. The van der Waals surface area contributed by atoms with Gasteiger partial charge in [-0.25, -0.2) is 4.79 Å². The quantitative estimate of drug-likeness (QED) is 0.340. The molecule has 2 aliphatic heterocycles. The number of amides is 2. The number of aromatic nitrogens is 2. The van der Waals surface area contributed by atoms with Crippen LogP contribution in [0.3, 0.4) is 0 Å². The molecule has 4 atom stereocenters. The number of cyclic esters (lactones) is 1. The number of nitrogens with one attached hydrogen (secondary N) is 1. The molecule has 0 radical (unpaired) electrons. The van der Waals surface area contributed by atoms with Crippen molar-refractivity contribution in [3.05, 3.63) is 83.2 Å². The standard InChI is InChI=1S/C34H38N4O7/c1-21(36-32(40)29-15-16-35-37(29)2)31(24-9-7-23(8-10-24)22-5-6-22)44-27-13-11-25(12-14-27)34(42)45-28-4-3-17-38(19-28)33(41)26-18-30(39)43-20-26/h7-16,21-22,26,28,31H,3-6,17-20H2,1-2H3,(H,36,40)/t21?,26-,28+,31?/m1/s1. The van der Waals surface area contributed by atoms with Gasteiger partial charge in [0, 0.05) is 19.8 Å². The van der Waals surface area contributed by atoms with Gasteiger partial charge in [0.25, 0.3) is 5.91 Å². The third kappa shape index (κ3) is 7.19. The van der Waals surface area contributed by atoms with Crippen molar-refractivity contribution in [2.45, 2.75) is 63.2 Å². The van der Waals surface area contributed by atoms with Gasteiger partial charge in [-0.2, -0.15) is 5.10 Å². The van der Waals surface area contributed by atoms with Gasteiger partial charge in [-0.05, 0) is 80.0 Å². The van der Waals surface area contributed by atoms with Crippen molar-refractivity contribution >= 4 is 23.8 Å². The van der Waals surface area contributed by atoms with Gasteiger partial charge in [0.1, 0.15) is 30.3 Å². The Hall–Kier alpha value is -4.67. The highest BCUT2D eigenvalue weighted by atomic mass is 16.5. The van der Waals surface area contributed by atoms with Gasteiger partial charge in [0.15, 0.2) is 0 Å². The van der Waals surface area contributed by atoms with Crippen molar-refractivity contribution in [1.82, 2.24) is 20.0 Å². The van der Waals surface area contributed by atoms with E-state index in [0.29, 0.717) is 48.9 Å². The molecule has 2 saturated heterocycles. The molecule has 11 nitrogen and oxygen atoms in total. The summed E-state index contributed by atoms with van der Waals surface area (Å²) in [4.78, 5) is 51.9. The Bertz CT molecular complexity index is 1550. The Morgan fingerprint density at radius 3 is 2.42 bits per heavy atom. The summed E-state index contributed by atoms with van der Waals surface area (Å²) in [5.41, 5.74) is 3.04. The maximum atomic E-state index is 13.0. The minimum absolute atomic E-state index is 0.0936. The van der Waals surface area contributed by atoms with Gasteiger partial charge in [0.05, 0.1) is 30.5 Å². The second-order valence-corrected chi connectivity index (χ2v) is 12.1. The number of aryl methyl sites for hydroxylation is 1. The van der Waals surface area contributed by atoms with E-state index in [-0.39, 0.29) is 30.8 Å². The molecule has 1 saturated carbocycles. The van der Waals surface area contributed by atoms with E-state index < -0.39 is 30.1 Å². The van der Waals surface area contributed by atoms with Crippen LogP contribution < -0.4 is 10.1 Å². The normalized spacial score (nSPS) is 21.0. The van der Waals surface area contributed by atoms with Crippen LogP contribution >= 0.6 is 0 Å². The number of carbonyl (C=O) groups excluding carboxylic acids is 4. The SMILES string of the molecule is CC(NC(=O)c1ccnn1C)C(Oc1ccc(C(=O)O[C@H]2CCCN(C(=O)[C@H]3COC(=O)C3)C2)cc1)c1ccc(C2CC2)cc1. The molecule has 2 aromatic carbocycles. The van der Waals surface area contributed by atoms with E-state index in [1.807, 2.05) is 19.1 Å². The Balaban J connectivity index is 1.10. The van der Waals surface area contributed by atoms with Gasteiger partial charge in [-0.3, -0.25) is 19.1 Å². The van der Waals surface area contributed by atoms with Gasteiger partial charge in [0.2, 0.25) is 5.91 Å². The Labute approximate surface area is 261 Å². The lowest BCUT2D eigenvalue weighted by Gasteiger charge is -2.33. The van der Waals surface area contributed by atoms with Crippen molar-refractivity contribution in [3.63, 3.8) is 0 Å². The fourth-order valence-electron chi connectivity index (χ4n) is 5.99. The van der Waals surface area contributed by atoms with Crippen molar-refractivity contribution in [2.75, 3.05) is 19.7 Å². The summed E-state index contributed by atoms with van der Waals surface area (Å²) < 4.78 is 18.7. The summed E-state index contributed by atoms with van der Waals surface area (Å²) in [5, 5.41) is 7.14. The fraction of sp³-hybridized carbons (Fsp3) is 0.441. The smallest absolute Gasteiger partial charge is 0.338 e. The van der Waals surface area contributed by atoms with Gasteiger partial charge < -0.3 is 24.4 Å². The van der Waals surface area contributed by atoms with Crippen molar-refractivity contribution in [2.24, 2.45) is 13.0 Å². The van der Waals surface area contributed by atoms with Gasteiger partial charge in [-0.15, -0.1) is 0 Å². The Morgan fingerprint density at radius 1 is 1.02 bits per heavy atom. The maximum absolute atomic E-state index is 13.0. The molecule has 2 amide bonds. The minimum Gasteiger partial charge on any atom is -0.484 e. The number of ether oxygens (including phenoxy) is 3. The van der Waals surface area contributed by atoms with Crippen molar-refractivity contribution in [3.8, 4) is 5.75 Å². The zero-order valence-corrected chi connectivity index (χ0v) is 25.5. The van der Waals surface area contributed by atoms with E-state index in [9.17, 15) is 19.2 Å². The Kier molecular flexibility index (Phi) is 8.86. The lowest BCUT2D eigenvalue weighted by molar-refractivity contribution is -0.139. The number of rotatable bonds is 10. The van der Waals surface area contributed by atoms with Crippen LogP contribution in [0, 0.1) is 5.92 Å². The van der Waals surface area contributed by atoms with Crippen LogP contribution in [0.5, 0.6) is 5.75 Å². The molecule has 2 unspecified atom stereocenters. The first-order chi connectivity index (χ1) is 21.7. The largest absolute Gasteiger partial charge is 0.484 e. The van der Waals surface area contributed by atoms with E-state index >= 15 is 0 Å². The predicted molar refractivity (Wildman–Crippen MR) is 162 cm³/mol. The average molecular weight is 615 g/mol. The van der Waals surface area contributed by atoms with E-state index in [2.05, 4.69) is 22.5 Å². The van der Waals surface area contributed by atoms with Crippen molar-refractivity contribution in [1.29, 1.82) is 0 Å². The van der Waals surface area contributed by atoms with Crippen LogP contribution in [0.2, 0.25) is 0 Å². The first kappa shape index (κ1) is 30.4. The lowest BCUT2D eigenvalue weighted by Crippen LogP contribution is -2.46. The molecule has 1 N–H and O–H groups in total. The zero-order chi connectivity index (χ0) is 31.5. The molecule has 45 heavy (non-hydrogen) atoms. The highest BCUT2D eigenvalue weighted by Gasteiger charge is 2.36. The number of benzene rings is 2. The van der Waals surface area contributed by atoms with Crippen LogP contribution in [0.1, 0.15) is 83.0 Å². The lowest BCUT2D eigenvalue weighted by atomic mass is 10.00. The minimum atomic E-state index is -0.500. The van der Waals surface area contributed by atoms with E-state index in [1.165, 1.54) is 23.1 Å². The number of esters is 2. The molecule has 3 aliphatic rings. The highest BCUT2D eigenvalue weighted by molar-refractivity contribution is 5.92. The molecular weight excluding hydrogens is 576 g/mol. The van der Waals surface area contributed by atoms with Gasteiger partial charge >= 0.3 is 11.9 Å². The first-order valence-corrected chi connectivity index (χ1v) is 15.6. The van der Waals surface area contributed by atoms with Crippen LogP contribution in [0.25, 0.3) is 0 Å². The number of nitrogens with zero attached hydrogens (tertiary/aromatic N) is 3. The number of hydrogen-bond donors (Lipinski definition) is 1. The molecule has 0 bridgehead atoms. The first-order valence-electron chi connectivity index (χ1n) is 15.6. The predicted octanol–water partition coefficient (Wildman–Crippen LogP) is 3.95. The summed E-state index contributed by atoms with van der Waals surface area (Å²) in [6, 6.07) is 16.3. The number of piperidine rings is 1. The van der Waals surface area contributed by atoms with E-state index in [0.717, 1.165) is 5.56 Å². The Morgan fingerprint density at radius 2 is 1.78 bits per heavy atom. The summed E-state index contributed by atoms with van der Waals surface area (Å²) in [5.74, 6) is -0.538. The molecule has 3 fully saturated rings. The highest BCUT2D eigenvalue weighted by Crippen LogP contribution is 2.40. The average Bonchev–Trinajstić information content (AvgIpc) is 3.66. The topological polar surface area (TPSA) is 129 Å². The summed E-state index contributed by atoms with van der Waals surface area (Å²) in [7, 11) is 1.72. The van der Waals surface area contributed by atoms with Crippen LogP contribution in [-0.2, 0) is 26.1 Å². The summed E-state index contributed by atoms with van der Waals surface area (Å²) in [6.45, 7) is 2.86. The molecule has 3 aromatic rings. The molecule has 6 rings (SSSR count). The molecule has 1 aliphatic carbocycles. The second-order valence-electron chi connectivity index (χ2n) is 12.1. The third-order valence-corrected chi connectivity index (χ3v) is 8.70. The summed E-state index contributed by atoms with van der Waals surface area (Å²) >= 11 is 0. The number of carbonyl (C=O) groups is 4. The molecule has 1 aromatic heterocycles. The molecular formula is C34H38N4O7. The monoisotopic (exact) mass is 614 g/mol. The maximum Gasteiger partial charge on any atom is 0.338 e. The molecule has 11 heteroatoms. The van der Waals surface area contributed by atoms with E-state index in [4.69, 9.17) is 14.2 Å². The number of likely N-dealkylation sites (tertiary alicyclic amines) is 1. The van der Waals surface area contributed by atoms with Crippen LogP contribution in [-0.4, -0.2) is 70.3 Å².